The molecule has 7 heteroatoms. The Balaban J connectivity index is 2.02. The quantitative estimate of drug-likeness (QED) is 0.772. The molecule has 0 saturated heterocycles. The fourth-order valence-electron chi connectivity index (χ4n) is 1.75. The minimum absolute atomic E-state index is 0.246. The maximum Gasteiger partial charge on any atom is 0.271 e. The lowest BCUT2D eigenvalue weighted by atomic mass is 10.1. The highest BCUT2D eigenvalue weighted by molar-refractivity contribution is 6.31. The van der Waals surface area contributed by atoms with Gasteiger partial charge in [-0.15, -0.1) is 0 Å². The fraction of sp³-hybridized carbons (Fsp3) is 0.167. The Bertz CT molecular complexity index is 809. The lowest BCUT2D eigenvalue weighted by molar-refractivity contribution is 0.314. The average molecular weight is 277 g/mol. The van der Waals surface area contributed by atoms with Crippen molar-refractivity contribution in [3.63, 3.8) is 0 Å². The number of aryl methyl sites for hydroxylation is 1. The van der Waals surface area contributed by atoms with Gasteiger partial charge in [0.15, 0.2) is 0 Å². The van der Waals surface area contributed by atoms with Gasteiger partial charge >= 0.3 is 0 Å². The molecule has 19 heavy (non-hydrogen) atoms. The molecule has 96 valence electrons. The number of nitrogens with one attached hydrogen (secondary N) is 1. The molecule has 0 fully saturated rings. The Kier molecular flexibility index (Phi) is 2.79. The van der Waals surface area contributed by atoms with Crippen LogP contribution in [0.2, 0.25) is 5.02 Å². The van der Waals surface area contributed by atoms with Crippen LogP contribution in [0.1, 0.15) is 16.8 Å². The SMILES string of the molecule is Cc1ccc(Cc2nc3nonc3[nH]c2=O)cc1Cl. The summed E-state index contributed by atoms with van der Waals surface area (Å²) in [4.78, 5) is 18.5. The van der Waals surface area contributed by atoms with Gasteiger partial charge < -0.3 is 0 Å². The van der Waals surface area contributed by atoms with Crippen LogP contribution in [-0.2, 0) is 6.42 Å². The van der Waals surface area contributed by atoms with Crippen LogP contribution in [-0.4, -0.2) is 20.3 Å². The number of H-pyrrole nitrogens is 1. The largest absolute Gasteiger partial charge is 0.299 e. The Morgan fingerprint density at radius 1 is 1.37 bits per heavy atom. The first-order chi connectivity index (χ1) is 9.13. The van der Waals surface area contributed by atoms with Gasteiger partial charge in [-0.25, -0.2) is 9.61 Å². The van der Waals surface area contributed by atoms with Crippen LogP contribution in [0.25, 0.3) is 11.3 Å². The summed E-state index contributed by atoms with van der Waals surface area (Å²) in [5, 5.41) is 7.79. The Morgan fingerprint density at radius 2 is 2.21 bits per heavy atom. The minimum atomic E-state index is -0.306. The maximum atomic E-state index is 11.8. The van der Waals surface area contributed by atoms with Crippen LogP contribution < -0.4 is 5.56 Å². The molecule has 0 bridgehead atoms. The molecule has 2 heterocycles. The lowest BCUT2D eigenvalue weighted by Gasteiger charge is -2.03. The summed E-state index contributed by atoms with van der Waals surface area (Å²) in [6, 6.07) is 5.64. The summed E-state index contributed by atoms with van der Waals surface area (Å²) in [6.45, 7) is 1.92. The van der Waals surface area contributed by atoms with E-state index in [1.807, 2.05) is 25.1 Å². The van der Waals surface area contributed by atoms with E-state index in [0.29, 0.717) is 17.1 Å². The molecule has 0 amide bonds. The molecule has 0 aliphatic rings. The number of nitrogens with zero attached hydrogens (tertiary/aromatic N) is 3. The molecular formula is C12H9ClN4O2. The lowest BCUT2D eigenvalue weighted by Crippen LogP contribution is -2.15. The van der Waals surface area contributed by atoms with Crippen molar-refractivity contribution in [1.29, 1.82) is 0 Å². The molecule has 0 saturated carbocycles. The highest BCUT2D eigenvalue weighted by Gasteiger charge is 2.10. The molecule has 0 aliphatic heterocycles. The van der Waals surface area contributed by atoms with Crippen molar-refractivity contribution in [3.8, 4) is 0 Å². The number of halogens is 1. The summed E-state index contributed by atoms with van der Waals surface area (Å²) in [6.07, 6.45) is 0.373. The monoisotopic (exact) mass is 276 g/mol. The van der Waals surface area contributed by atoms with E-state index in [1.54, 1.807) is 0 Å². The number of aromatic amines is 1. The molecule has 0 spiro atoms. The van der Waals surface area contributed by atoms with E-state index in [9.17, 15) is 4.79 Å². The van der Waals surface area contributed by atoms with Crippen molar-refractivity contribution in [3.05, 3.63) is 50.4 Å². The zero-order valence-corrected chi connectivity index (χ0v) is 10.7. The molecule has 3 rings (SSSR count). The predicted octanol–water partition coefficient (Wildman–Crippen LogP) is 1.86. The summed E-state index contributed by atoms with van der Waals surface area (Å²) < 4.78 is 4.51. The van der Waals surface area contributed by atoms with E-state index in [1.165, 1.54) is 0 Å². The maximum absolute atomic E-state index is 11.8. The number of fused-ring (bicyclic) bond motifs is 1. The van der Waals surface area contributed by atoms with E-state index < -0.39 is 0 Å². The average Bonchev–Trinajstić information content (AvgIpc) is 2.81. The van der Waals surface area contributed by atoms with Crippen LogP contribution in [0.5, 0.6) is 0 Å². The molecule has 0 aliphatic carbocycles. The van der Waals surface area contributed by atoms with E-state index >= 15 is 0 Å². The summed E-state index contributed by atoms with van der Waals surface area (Å²) in [5.74, 6) is 0. The van der Waals surface area contributed by atoms with Crippen molar-refractivity contribution in [2.24, 2.45) is 0 Å². The van der Waals surface area contributed by atoms with Gasteiger partial charge in [-0.2, -0.15) is 0 Å². The number of rotatable bonds is 2. The van der Waals surface area contributed by atoms with Gasteiger partial charge in [0.25, 0.3) is 5.56 Å². The zero-order chi connectivity index (χ0) is 13.4. The van der Waals surface area contributed by atoms with Crippen LogP contribution in [0.15, 0.2) is 27.6 Å². The zero-order valence-electron chi connectivity index (χ0n) is 9.98. The number of aromatic nitrogens is 4. The molecule has 6 nitrogen and oxygen atoms in total. The fourth-order valence-corrected chi connectivity index (χ4v) is 1.96. The standard InChI is InChI=1S/C12H9ClN4O2/c1-6-2-3-7(4-8(6)13)5-9-12(18)15-11-10(14-9)16-19-17-11/h2-4H,5H2,1H3,(H,15,17,18). The molecule has 1 aromatic carbocycles. The second-order valence-electron chi connectivity index (χ2n) is 4.21. The number of hydrogen-bond acceptors (Lipinski definition) is 5. The third-order valence-corrected chi connectivity index (χ3v) is 3.22. The van der Waals surface area contributed by atoms with Crippen molar-refractivity contribution in [2.45, 2.75) is 13.3 Å². The van der Waals surface area contributed by atoms with Gasteiger partial charge in [-0.3, -0.25) is 9.78 Å². The van der Waals surface area contributed by atoms with Crippen LogP contribution in [0.4, 0.5) is 0 Å². The first-order valence-electron chi connectivity index (χ1n) is 5.60. The second kappa shape index (κ2) is 4.47. The number of hydrogen-bond donors (Lipinski definition) is 1. The van der Waals surface area contributed by atoms with Gasteiger partial charge in [-0.1, -0.05) is 23.7 Å². The normalized spacial score (nSPS) is 11.1. The summed E-state index contributed by atoms with van der Waals surface area (Å²) in [7, 11) is 0. The number of benzene rings is 1. The van der Waals surface area contributed by atoms with Crippen molar-refractivity contribution in [2.75, 3.05) is 0 Å². The van der Waals surface area contributed by atoms with E-state index in [0.717, 1.165) is 11.1 Å². The first-order valence-corrected chi connectivity index (χ1v) is 5.98. The third-order valence-electron chi connectivity index (χ3n) is 2.81. The molecular weight excluding hydrogens is 268 g/mol. The second-order valence-corrected chi connectivity index (χ2v) is 4.62. The highest BCUT2D eigenvalue weighted by Crippen LogP contribution is 2.18. The van der Waals surface area contributed by atoms with Gasteiger partial charge in [0.2, 0.25) is 11.3 Å². The molecule has 0 unspecified atom stereocenters. The van der Waals surface area contributed by atoms with Gasteiger partial charge in [0.05, 0.1) is 0 Å². The van der Waals surface area contributed by atoms with E-state index in [4.69, 9.17) is 11.6 Å². The molecule has 0 radical (unpaired) electrons. The molecule has 1 N–H and O–H groups in total. The van der Waals surface area contributed by atoms with Gasteiger partial charge in [0, 0.05) is 11.4 Å². The van der Waals surface area contributed by atoms with E-state index in [2.05, 4.69) is 24.9 Å². The molecule has 3 aromatic rings. The Hall–Kier alpha value is -2.21. The summed E-state index contributed by atoms with van der Waals surface area (Å²) in [5.41, 5.74) is 2.47. The van der Waals surface area contributed by atoms with Gasteiger partial charge in [0.1, 0.15) is 5.69 Å². The van der Waals surface area contributed by atoms with Gasteiger partial charge in [-0.05, 0) is 34.4 Å². The Labute approximate surface area is 112 Å². The Morgan fingerprint density at radius 3 is 3.00 bits per heavy atom. The third kappa shape index (κ3) is 2.22. The van der Waals surface area contributed by atoms with Crippen LogP contribution in [0.3, 0.4) is 0 Å². The topological polar surface area (TPSA) is 84.7 Å². The molecule has 2 aromatic heterocycles. The van der Waals surface area contributed by atoms with Crippen molar-refractivity contribution in [1.82, 2.24) is 20.3 Å². The molecule has 0 atom stereocenters. The minimum Gasteiger partial charge on any atom is -0.299 e. The first kappa shape index (κ1) is 11.9. The van der Waals surface area contributed by atoms with Crippen molar-refractivity contribution < 1.29 is 4.63 Å². The van der Waals surface area contributed by atoms with E-state index in [-0.39, 0.29) is 16.9 Å². The summed E-state index contributed by atoms with van der Waals surface area (Å²) >= 11 is 6.05. The van der Waals surface area contributed by atoms with Crippen molar-refractivity contribution >= 4 is 22.9 Å². The van der Waals surface area contributed by atoms with Crippen LogP contribution in [0, 0.1) is 6.92 Å². The predicted molar refractivity (Wildman–Crippen MR) is 69.2 cm³/mol. The van der Waals surface area contributed by atoms with Crippen LogP contribution >= 0.6 is 11.6 Å². The smallest absolute Gasteiger partial charge is 0.271 e. The highest BCUT2D eigenvalue weighted by atomic mass is 35.5.